The molecule has 2 aromatic rings. The standard InChI is InChI=1S/C26H37N7O7/c1-15-5-7-16(8-6-15)10-20(32-23(36)18(28)12-22(34)35)24(37)33-21(11-17-13-29-14-30-17)25(38)31-19(26(39)40)4-2-3-9-27/h5-8,13-14,18-21H,2-4,9-12,27-28H2,1H3,(H,29,30)(H,31,38)(H,32,36)(H,33,37)(H,34,35)(H,39,40)/t18-,19-,20-,21-/m0/s1. The summed E-state index contributed by atoms with van der Waals surface area (Å²) < 4.78 is 0. The normalized spacial score (nSPS) is 13.9. The maximum atomic E-state index is 13.4. The van der Waals surface area contributed by atoms with E-state index >= 15 is 0 Å². The number of carboxylic acid groups (broad SMARTS) is 2. The van der Waals surface area contributed by atoms with Crippen LogP contribution in [0.3, 0.4) is 0 Å². The molecule has 0 aliphatic rings. The minimum atomic E-state index is -1.40. The first-order valence-corrected chi connectivity index (χ1v) is 12.8. The molecule has 14 heteroatoms. The number of carboxylic acids is 2. The van der Waals surface area contributed by atoms with Crippen molar-refractivity contribution in [3.05, 3.63) is 53.6 Å². The van der Waals surface area contributed by atoms with Crippen LogP contribution in [0, 0.1) is 6.92 Å². The van der Waals surface area contributed by atoms with Crippen molar-refractivity contribution in [2.45, 2.75) is 69.6 Å². The smallest absolute Gasteiger partial charge is 0.326 e. The summed E-state index contributed by atoms with van der Waals surface area (Å²) in [6.07, 6.45) is 3.39. The van der Waals surface area contributed by atoms with Crippen LogP contribution in [0.5, 0.6) is 0 Å². The molecule has 1 aromatic heterocycles. The monoisotopic (exact) mass is 559 g/mol. The Balaban J connectivity index is 2.27. The van der Waals surface area contributed by atoms with Gasteiger partial charge in [-0.25, -0.2) is 9.78 Å². The molecule has 3 amide bonds. The molecule has 0 radical (unpaired) electrons. The SMILES string of the molecule is Cc1ccc(C[C@H](NC(=O)[C@@H](N)CC(=O)O)C(=O)N[C@@H](Cc2cnc[nH]2)C(=O)N[C@@H](CCCCN)C(=O)O)cc1. The Morgan fingerprint density at radius 1 is 0.900 bits per heavy atom. The zero-order chi connectivity index (χ0) is 29.7. The second-order valence-electron chi connectivity index (χ2n) is 9.48. The fourth-order valence-electron chi connectivity index (χ4n) is 3.85. The number of hydrogen-bond donors (Lipinski definition) is 8. The minimum absolute atomic E-state index is 0.0207. The summed E-state index contributed by atoms with van der Waals surface area (Å²) in [4.78, 5) is 68.8. The molecule has 2 rings (SSSR count). The summed E-state index contributed by atoms with van der Waals surface area (Å²) in [6, 6.07) is 2.15. The van der Waals surface area contributed by atoms with Gasteiger partial charge in [-0.15, -0.1) is 0 Å². The Morgan fingerprint density at radius 2 is 1.50 bits per heavy atom. The van der Waals surface area contributed by atoms with E-state index in [1.807, 2.05) is 19.1 Å². The number of aryl methyl sites for hydroxylation is 1. The van der Waals surface area contributed by atoms with Gasteiger partial charge in [0.05, 0.1) is 18.8 Å². The number of aromatic nitrogens is 2. The number of unbranched alkanes of at least 4 members (excludes halogenated alkanes) is 1. The van der Waals surface area contributed by atoms with E-state index in [0.717, 1.165) is 5.56 Å². The molecule has 0 fully saturated rings. The summed E-state index contributed by atoms with van der Waals surface area (Å²) >= 11 is 0. The third kappa shape index (κ3) is 10.8. The van der Waals surface area contributed by atoms with E-state index in [2.05, 4.69) is 25.9 Å². The van der Waals surface area contributed by atoms with E-state index < -0.39 is 60.2 Å². The number of H-pyrrole nitrogens is 1. The first-order chi connectivity index (χ1) is 19.0. The average molecular weight is 560 g/mol. The zero-order valence-electron chi connectivity index (χ0n) is 22.3. The number of nitrogens with one attached hydrogen (secondary N) is 4. The first kappa shape index (κ1) is 31.9. The number of carbonyl (C=O) groups excluding carboxylic acids is 3. The van der Waals surface area contributed by atoms with Crippen molar-refractivity contribution in [2.24, 2.45) is 11.5 Å². The number of nitrogens with zero attached hydrogens (tertiary/aromatic N) is 1. The van der Waals surface area contributed by atoms with Crippen LogP contribution in [0.2, 0.25) is 0 Å². The highest BCUT2D eigenvalue weighted by atomic mass is 16.4. The van der Waals surface area contributed by atoms with Gasteiger partial charge >= 0.3 is 11.9 Å². The van der Waals surface area contributed by atoms with E-state index in [-0.39, 0.29) is 19.3 Å². The Labute approximate surface area is 231 Å². The lowest BCUT2D eigenvalue weighted by Gasteiger charge is -2.25. The number of amides is 3. The summed E-state index contributed by atoms with van der Waals surface area (Å²) in [5.74, 6) is -4.85. The van der Waals surface area contributed by atoms with Crippen LogP contribution >= 0.6 is 0 Å². The summed E-state index contributed by atoms with van der Waals surface area (Å²) in [6.45, 7) is 2.27. The molecule has 14 nitrogen and oxygen atoms in total. The van der Waals surface area contributed by atoms with Crippen molar-refractivity contribution >= 4 is 29.7 Å². The fourth-order valence-corrected chi connectivity index (χ4v) is 3.85. The van der Waals surface area contributed by atoms with Gasteiger partial charge in [0, 0.05) is 24.7 Å². The van der Waals surface area contributed by atoms with Crippen LogP contribution in [0.25, 0.3) is 0 Å². The van der Waals surface area contributed by atoms with Gasteiger partial charge in [0.15, 0.2) is 0 Å². The molecule has 0 unspecified atom stereocenters. The van der Waals surface area contributed by atoms with Gasteiger partial charge in [-0.3, -0.25) is 19.2 Å². The van der Waals surface area contributed by atoms with Gasteiger partial charge in [0.2, 0.25) is 17.7 Å². The molecule has 0 spiro atoms. The average Bonchev–Trinajstić information content (AvgIpc) is 3.41. The van der Waals surface area contributed by atoms with Gasteiger partial charge in [-0.1, -0.05) is 29.8 Å². The third-order valence-electron chi connectivity index (χ3n) is 6.10. The predicted octanol–water partition coefficient (Wildman–Crippen LogP) is -1.03. The predicted molar refractivity (Wildman–Crippen MR) is 144 cm³/mol. The van der Waals surface area contributed by atoms with Crippen molar-refractivity contribution in [2.75, 3.05) is 6.54 Å². The van der Waals surface area contributed by atoms with Crippen molar-refractivity contribution in [3.63, 3.8) is 0 Å². The molecule has 0 aliphatic heterocycles. The highest BCUT2D eigenvalue weighted by Crippen LogP contribution is 2.09. The maximum Gasteiger partial charge on any atom is 0.326 e. The second-order valence-corrected chi connectivity index (χ2v) is 9.48. The number of carbonyl (C=O) groups is 5. The minimum Gasteiger partial charge on any atom is -0.481 e. The van der Waals surface area contributed by atoms with Crippen molar-refractivity contribution < 1.29 is 34.2 Å². The number of aliphatic carboxylic acids is 2. The molecule has 40 heavy (non-hydrogen) atoms. The number of rotatable bonds is 17. The number of imidazole rings is 1. The lowest BCUT2D eigenvalue weighted by Crippen LogP contribution is -2.58. The Hall–Kier alpha value is -4.30. The topological polar surface area (TPSA) is 243 Å². The van der Waals surface area contributed by atoms with Crippen molar-refractivity contribution in [1.29, 1.82) is 0 Å². The number of hydrogen-bond acceptors (Lipinski definition) is 8. The van der Waals surface area contributed by atoms with Gasteiger partial charge in [-0.05, 0) is 38.3 Å². The summed E-state index contributed by atoms with van der Waals surface area (Å²) in [5, 5.41) is 26.1. The van der Waals surface area contributed by atoms with Gasteiger partial charge in [-0.2, -0.15) is 0 Å². The third-order valence-corrected chi connectivity index (χ3v) is 6.10. The Morgan fingerprint density at radius 3 is 2.05 bits per heavy atom. The molecular formula is C26H37N7O7. The lowest BCUT2D eigenvalue weighted by molar-refractivity contribution is -0.142. The molecule has 1 heterocycles. The van der Waals surface area contributed by atoms with Crippen molar-refractivity contribution in [3.8, 4) is 0 Å². The van der Waals surface area contributed by atoms with E-state index in [1.165, 1.54) is 12.5 Å². The quantitative estimate of drug-likeness (QED) is 0.110. The number of aromatic amines is 1. The van der Waals surface area contributed by atoms with Crippen LogP contribution in [0.15, 0.2) is 36.8 Å². The van der Waals surface area contributed by atoms with E-state index in [1.54, 1.807) is 12.1 Å². The van der Waals surface area contributed by atoms with Gasteiger partial charge < -0.3 is 42.6 Å². The molecule has 0 bridgehead atoms. The summed E-state index contributed by atoms with van der Waals surface area (Å²) in [7, 11) is 0. The highest BCUT2D eigenvalue weighted by molar-refractivity contribution is 5.95. The number of nitrogens with two attached hydrogens (primary N) is 2. The molecule has 218 valence electrons. The fraction of sp³-hybridized carbons (Fsp3) is 0.462. The van der Waals surface area contributed by atoms with Gasteiger partial charge in [0.1, 0.15) is 18.1 Å². The van der Waals surface area contributed by atoms with Gasteiger partial charge in [0.25, 0.3) is 0 Å². The Bertz CT molecular complexity index is 1140. The second kappa shape index (κ2) is 16.0. The van der Waals surface area contributed by atoms with Crippen LogP contribution in [-0.2, 0) is 36.8 Å². The first-order valence-electron chi connectivity index (χ1n) is 12.8. The van der Waals surface area contributed by atoms with Crippen LogP contribution in [0.4, 0.5) is 0 Å². The van der Waals surface area contributed by atoms with E-state index in [0.29, 0.717) is 30.6 Å². The highest BCUT2D eigenvalue weighted by Gasteiger charge is 2.31. The molecule has 4 atom stereocenters. The maximum absolute atomic E-state index is 13.4. The van der Waals surface area contributed by atoms with Crippen LogP contribution in [0.1, 0.15) is 42.5 Å². The van der Waals surface area contributed by atoms with Crippen LogP contribution in [-0.4, -0.2) is 80.6 Å². The molecular weight excluding hydrogens is 522 g/mol. The summed E-state index contributed by atoms with van der Waals surface area (Å²) in [5.41, 5.74) is 13.3. The Kier molecular flexibility index (Phi) is 12.7. The van der Waals surface area contributed by atoms with E-state index in [9.17, 15) is 29.1 Å². The molecule has 0 aliphatic carbocycles. The molecule has 0 saturated carbocycles. The molecule has 0 saturated heterocycles. The zero-order valence-corrected chi connectivity index (χ0v) is 22.3. The largest absolute Gasteiger partial charge is 0.481 e. The van der Waals surface area contributed by atoms with Crippen molar-refractivity contribution in [1.82, 2.24) is 25.9 Å². The van der Waals surface area contributed by atoms with Crippen LogP contribution < -0.4 is 27.4 Å². The number of benzene rings is 1. The molecule has 10 N–H and O–H groups in total. The lowest BCUT2D eigenvalue weighted by atomic mass is 10.0. The van der Waals surface area contributed by atoms with E-state index in [4.69, 9.17) is 16.6 Å². The molecule has 1 aromatic carbocycles.